The lowest BCUT2D eigenvalue weighted by Crippen LogP contribution is -2.71. The highest BCUT2D eigenvalue weighted by molar-refractivity contribution is 6.07. The van der Waals surface area contributed by atoms with Gasteiger partial charge >= 0.3 is 6.03 Å². The first-order valence-corrected chi connectivity index (χ1v) is 10.6. The molecule has 2 unspecified atom stereocenters. The summed E-state index contributed by atoms with van der Waals surface area (Å²) in [6.45, 7) is 3.08. The molecular weight excluding hydrogens is 370 g/mol. The molecule has 2 saturated carbocycles. The van der Waals surface area contributed by atoms with Crippen LogP contribution >= 0.6 is 0 Å². The van der Waals surface area contributed by atoms with Crippen molar-refractivity contribution in [2.75, 3.05) is 20.1 Å². The number of urea groups is 1. The average molecular weight is 397 g/mol. The normalized spacial score (nSPS) is 44.9. The predicted molar refractivity (Wildman–Crippen MR) is 104 cm³/mol. The molecule has 0 aromatic heterocycles. The zero-order valence-corrected chi connectivity index (χ0v) is 16.9. The van der Waals surface area contributed by atoms with Crippen LogP contribution in [0.15, 0.2) is 18.2 Å². The van der Waals surface area contributed by atoms with Crippen LogP contribution in [0.25, 0.3) is 0 Å². The summed E-state index contributed by atoms with van der Waals surface area (Å²) < 4.78 is 0. The van der Waals surface area contributed by atoms with Gasteiger partial charge in [-0.2, -0.15) is 0 Å². The third-order valence-corrected chi connectivity index (χ3v) is 8.77. The van der Waals surface area contributed by atoms with Crippen LogP contribution in [0.4, 0.5) is 4.79 Å². The largest absolute Gasteiger partial charge is 0.508 e. The highest BCUT2D eigenvalue weighted by Crippen LogP contribution is 2.72. The summed E-state index contributed by atoms with van der Waals surface area (Å²) in [6.07, 6.45) is 2.97. The fourth-order valence-electron chi connectivity index (χ4n) is 8.10. The Kier molecular flexibility index (Phi) is 3.02. The Bertz CT molecular complexity index is 981. The minimum Gasteiger partial charge on any atom is -0.508 e. The third-order valence-electron chi connectivity index (χ3n) is 8.77. The monoisotopic (exact) mass is 397 g/mol. The SMILES string of the molecule is CCN1C(=O)N[C@]2(CC[C@@]3(O)C4N(C)CC45Cc4ccc(O)cc4[C@@]3(C5)C2)C1=O. The van der Waals surface area contributed by atoms with Crippen LogP contribution in [-0.4, -0.2) is 69.3 Å². The number of nitrogens with one attached hydrogen (secondary N) is 1. The van der Waals surface area contributed by atoms with Gasteiger partial charge in [0.1, 0.15) is 11.3 Å². The van der Waals surface area contributed by atoms with Gasteiger partial charge in [-0.3, -0.25) is 14.6 Å². The Morgan fingerprint density at radius 3 is 2.72 bits per heavy atom. The van der Waals surface area contributed by atoms with Crippen molar-refractivity contribution < 1.29 is 19.8 Å². The van der Waals surface area contributed by atoms with Crippen molar-refractivity contribution in [3.8, 4) is 5.75 Å². The quantitative estimate of drug-likeness (QED) is 0.618. The summed E-state index contributed by atoms with van der Waals surface area (Å²) in [6, 6.07) is 5.18. The Balaban J connectivity index is 1.56. The lowest BCUT2D eigenvalue weighted by molar-refractivity contribution is -0.158. The van der Waals surface area contributed by atoms with E-state index in [9.17, 15) is 19.8 Å². The van der Waals surface area contributed by atoms with E-state index >= 15 is 0 Å². The number of benzene rings is 1. The van der Waals surface area contributed by atoms with Gasteiger partial charge in [0.25, 0.3) is 5.91 Å². The van der Waals surface area contributed by atoms with Crippen molar-refractivity contribution in [2.24, 2.45) is 5.41 Å². The van der Waals surface area contributed by atoms with Gasteiger partial charge in [0, 0.05) is 30.0 Å². The molecular formula is C22H27N3O4. The molecule has 1 aromatic carbocycles. The number of likely N-dealkylation sites (tertiary alicyclic amines) is 1. The van der Waals surface area contributed by atoms with E-state index in [0.29, 0.717) is 25.8 Å². The zero-order chi connectivity index (χ0) is 20.4. The number of imide groups is 1. The summed E-state index contributed by atoms with van der Waals surface area (Å²) in [5.74, 6) is 0.0102. The van der Waals surface area contributed by atoms with Crippen molar-refractivity contribution in [1.82, 2.24) is 15.1 Å². The minimum absolute atomic E-state index is 0.00485. The van der Waals surface area contributed by atoms with Gasteiger partial charge in [0.05, 0.1) is 5.60 Å². The Labute approximate surface area is 169 Å². The second kappa shape index (κ2) is 4.95. The lowest BCUT2D eigenvalue weighted by atomic mass is 9.54. The summed E-state index contributed by atoms with van der Waals surface area (Å²) in [5.41, 5.74) is -0.485. The van der Waals surface area contributed by atoms with E-state index in [1.54, 1.807) is 12.1 Å². The smallest absolute Gasteiger partial charge is 0.325 e. The summed E-state index contributed by atoms with van der Waals surface area (Å²) in [5, 5.41) is 25.5. The maximum absolute atomic E-state index is 13.3. The van der Waals surface area contributed by atoms with Crippen LogP contribution < -0.4 is 5.32 Å². The van der Waals surface area contributed by atoms with Gasteiger partial charge in [-0.25, -0.2) is 4.79 Å². The molecule has 3 aliphatic carbocycles. The Morgan fingerprint density at radius 2 is 2.03 bits per heavy atom. The number of amides is 3. The highest BCUT2D eigenvalue weighted by atomic mass is 16.3. The number of hydrogen-bond donors (Lipinski definition) is 3. The maximum atomic E-state index is 13.3. The summed E-state index contributed by atoms with van der Waals surface area (Å²) in [7, 11) is 2.07. The van der Waals surface area contributed by atoms with Crippen molar-refractivity contribution >= 4 is 11.9 Å². The molecule has 3 amide bonds. The van der Waals surface area contributed by atoms with Gasteiger partial charge in [0.2, 0.25) is 0 Å². The first kappa shape index (κ1) is 17.7. The first-order chi connectivity index (χ1) is 13.7. The van der Waals surface area contributed by atoms with Gasteiger partial charge < -0.3 is 15.5 Å². The molecule has 3 N–H and O–H groups in total. The number of hydrogen-bond acceptors (Lipinski definition) is 5. The fraction of sp³-hybridized carbons (Fsp3) is 0.636. The number of carbonyl (C=O) groups excluding carboxylic acids is 2. The van der Waals surface area contributed by atoms with Crippen LogP contribution in [0.1, 0.15) is 43.7 Å². The van der Waals surface area contributed by atoms with Crippen LogP contribution in [0.2, 0.25) is 0 Å². The molecule has 7 nitrogen and oxygen atoms in total. The molecule has 0 radical (unpaired) electrons. The topological polar surface area (TPSA) is 93.1 Å². The standard InChI is InChI=1S/C22H27N3O4/c1-3-25-17(27)21(23-18(25)28)6-7-22(29)16-19(12-24(16)2)9-13-4-5-14(26)8-15(13)20(22,10-19)11-21/h4-5,8,16,26,29H,3,6-7,9-12H2,1-2H3,(H,23,28)/t16?,19?,20-,21+,22-/m1/s1. The van der Waals surface area contributed by atoms with Crippen molar-refractivity contribution in [3.63, 3.8) is 0 Å². The highest BCUT2D eigenvalue weighted by Gasteiger charge is 2.79. The zero-order valence-electron chi connectivity index (χ0n) is 16.9. The van der Waals surface area contributed by atoms with Gasteiger partial charge in [0.15, 0.2) is 0 Å². The molecule has 1 aromatic rings. The molecule has 2 bridgehead atoms. The van der Waals surface area contributed by atoms with Gasteiger partial charge in [-0.1, -0.05) is 6.07 Å². The predicted octanol–water partition coefficient (Wildman–Crippen LogP) is 1.12. The molecule has 4 fully saturated rings. The fourth-order valence-corrected chi connectivity index (χ4v) is 8.10. The summed E-state index contributed by atoms with van der Waals surface area (Å²) >= 11 is 0. The second-order valence-corrected chi connectivity index (χ2v) is 10.1. The molecule has 5 aliphatic rings. The Morgan fingerprint density at radius 1 is 1.24 bits per heavy atom. The van der Waals surface area contributed by atoms with E-state index < -0.39 is 16.6 Å². The van der Waals surface area contributed by atoms with Crippen molar-refractivity contribution in [1.29, 1.82) is 0 Å². The number of carbonyl (C=O) groups is 2. The molecule has 5 atom stereocenters. The maximum Gasteiger partial charge on any atom is 0.325 e. The first-order valence-electron chi connectivity index (χ1n) is 10.6. The third kappa shape index (κ3) is 1.75. The molecule has 6 rings (SSSR count). The number of likely N-dealkylation sites (N-methyl/N-ethyl adjacent to an activating group) is 2. The van der Waals surface area contributed by atoms with E-state index in [2.05, 4.69) is 17.3 Å². The van der Waals surface area contributed by atoms with Crippen LogP contribution in [0.5, 0.6) is 5.75 Å². The molecule has 2 aliphatic heterocycles. The molecule has 3 spiro atoms. The van der Waals surface area contributed by atoms with E-state index in [1.807, 2.05) is 13.0 Å². The summed E-state index contributed by atoms with van der Waals surface area (Å²) in [4.78, 5) is 29.3. The number of phenols is 1. The van der Waals surface area contributed by atoms with Crippen LogP contribution in [0.3, 0.4) is 0 Å². The number of fused-ring (bicyclic) bond motifs is 2. The molecule has 7 heteroatoms. The van der Waals surface area contributed by atoms with E-state index in [1.165, 1.54) is 4.90 Å². The van der Waals surface area contributed by atoms with E-state index in [4.69, 9.17) is 0 Å². The van der Waals surface area contributed by atoms with Gasteiger partial charge in [-0.15, -0.1) is 0 Å². The number of rotatable bonds is 1. The molecule has 29 heavy (non-hydrogen) atoms. The van der Waals surface area contributed by atoms with Crippen molar-refractivity contribution in [2.45, 2.75) is 61.6 Å². The molecule has 154 valence electrons. The lowest BCUT2D eigenvalue weighted by Gasteiger charge is -2.57. The average Bonchev–Trinajstić information content (AvgIpc) is 2.96. The number of nitrogens with zero attached hydrogens (tertiary/aromatic N) is 2. The van der Waals surface area contributed by atoms with E-state index in [-0.39, 0.29) is 29.1 Å². The van der Waals surface area contributed by atoms with Crippen LogP contribution in [-0.2, 0) is 16.6 Å². The number of aliphatic hydroxyl groups is 1. The molecule has 2 saturated heterocycles. The minimum atomic E-state index is -0.977. The number of aromatic hydroxyl groups is 1. The van der Waals surface area contributed by atoms with E-state index in [0.717, 1.165) is 30.5 Å². The number of phenolic OH excluding ortho intramolecular Hbond substituents is 1. The van der Waals surface area contributed by atoms with Gasteiger partial charge in [-0.05, 0) is 69.3 Å². The van der Waals surface area contributed by atoms with Crippen LogP contribution in [0, 0.1) is 5.41 Å². The molecule has 2 heterocycles. The second-order valence-electron chi connectivity index (χ2n) is 10.1. The Hall–Kier alpha value is -2.12. The van der Waals surface area contributed by atoms with Crippen molar-refractivity contribution in [3.05, 3.63) is 29.3 Å².